The fourth-order valence-corrected chi connectivity index (χ4v) is 4.20. The van der Waals surface area contributed by atoms with Crippen molar-refractivity contribution in [1.29, 1.82) is 0 Å². The minimum atomic E-state index is 0.0527. The molecule has 28 heavy (non-hydrogen) atoms. The number of piperazine rings is 1. The van der Waals surface area contributed by atoms with Gasteiger partial charge in [-0.05, 0) is 29.5 Å². The Kier molecular flexibility index (Phi) is 6.78. The van der Waals surface area contributed by atoms with Crippen LogP contribution in [0.3, 0.4) is 0 Å². The van der Waals surface area contributed by atoms with Crippen LogP contribution in [0.4, 0.5) is 0 Å². The van der Waals surface area contributed by atoms with Gasteiger partial charge in [0.2, 0.25) is 5.91 Å². The standard InChI is InChI=1S/C22H30ClN3O2/c1-22(2)15-19(14-20(27)16-22)24-7-8-25-9-11-26(12-10-25)21(28)13-17-3-5-18(23)6-4-17/h3-6,14,24H,7-13,15-16H2,1-2H3/p+1. The lowest BCUT2D eigenvalue weighted by molar-refractivity contribution is -0.902. The predicted octanol–water partition coefficient (Wildman–Crippen LogP) is 1.47. The van der Waals surface area contributed by atoms with Crippen LogP contribution in [0.25, 0.3) is 0 Å². The Morgan fingerprint density at radius 3 is 2.50 bits per heavy atom. The number of benzene rings is 1. The van der Waals surface area contributed by atoms with Crippen molar-refractivity contribution in [3.05, 3.63) is 46.6 Å². The zero-order valence-electron chi connectivity index (χ0n) is 16.9. The SMILES string of the molecule is CC1(C)CC(=O)C=C(NCC[NH+]2CCN(C(=O)Cc3ccc(Cl)cc3)CC2)C1. The van der Waals surface area contributed by atoms with Gasteiger partial charge in [-0.3, -0.25) is 9.59 Å². The lowest BCUT2D eigenvalue weighted by Gasteiger charge is -2.33. The number of ketones is 1. The third kappa shape index (κ3) is 6.08. The Morgan fingerprint density at radius 2 is 1.86 bits per heavy atom. The number of nitrogens with one attached hydrogen (secondary N) is 2. The van der Waals surface area contributed by atoms with Crippen molar-refractivity contribution in [2.24, 2.45) is 5.41 Å². The number of carbonyl (C=O) groups excluding carboxylic acids is 2. The van der Waals surface area contributed by atoms with Gasteiger partial charge in [-0.25, -0.2) is 0 Å². The van der Waals surface area contributed by atoms with E-state index in [0.717, 1.165) is 56.9 Å². The number of hydrogen-bond acceptors (Lipinski definition) is 3. The molecule has 1 aromatic carbocycles. The average molecular weight is 405 g/mol. The van der Waals surface area contributed by atoms with E-state index >= 15 is 0 Å². The van der Waals surface area contributed by atoms with Crippen molar-refractivity contribution in [2.75, 3.05) is 39.3 Å². The van der Waals surface area contributed by atoms with Crippen LogP contribution in [0, 0.1) is 5.41 Å². The van der Waals surface area contributed by atoms with E-state index in [0.29, 0.717) is 17.9 Å². The highest BCUT2D eigenvalue weighted by Gasteiger charge is 2.28. The van der Waals surface area contributed by atoms with Gasteiger partial charge >= 0.3 is 0 Å². The lowest BCUT2D eigenvalue weighted by atomic mass is 9.79. The van der Waals surface area contributed by atoms with Gasteiger partial charge in [0.05, 0.1) is 45.7 Å². The summed E-state index contributed by atoms with van der Waals surface area (Å²) < 4.78 is 0. The third-order valence-electron chi connectivity index (χ3n) is 5.58. The molecule has 1 heterocycles. The molecular weight excluding hydrogens is 374 g/mol. The van der Waals surface area contributed by atoms with E-state index in [-0.39, 0.29) is 17.1 Å². The Morgan fingerprint density at radius 1 is 1.18 bits per heavy atom. The molecule has 0 saturated carbocycles. The average Bonchev–Trinajstić information content (AvgIpc) is 2.62. The van der Waals surface area contributed by atoms with Crippen molar-refractivity contribution in [3.63, 3.8) is 0 Å². The summed E-state index contributed by atoms with van der Waals surface area (Å²) >= 11 is 5.90. The van der Waals surface area contributed by atoms with E-state index in [1.54, 1.807) is 6.08 Å². The fraction of sp³-hybridized carbons (Fsp3) is 0.545. The molecule has 2 N–H and O–H groups in total. The number of quaternary nitrogens is 1. The summed E-state index contributed by atoms with van der Waals surface area (Å²) in [6.07, 6.45) is 3.77. The maximum atomic E-state index is 12.5. The Labute approximate surface area is 172 Å². The quantitative estimate of drug-likeness (QED) is 0.755. The summed E-state index contributed by atoms with van der Waals surface area (Å²) in [7, 11) is 0. The normalized spacial score (nSPS) is 20.0. The van der Waals surface area contributed by atoms with Gasteiger partial charge in [0.1, 0.15) is 0 Å². The summed E-state index contributed by atoms with van der Waals surface area (Å²) in [6, 6.07) is 7.49. The minimum absolute atomic E-state index is 0.0527. The van der Waals surface area contributed by atoms with Crippen molar-refractivity contribution < 1.29 is 14.5 Å². The highest BCUT2D eigenvalue weighted by molar-refractivity contribution is 6.30. The number of rotatable bonds is 6. The summed E-state index contributed by atoms with van der Waals surface area (Å²) in [5.74, 6) is 0.409. The summed E-state index contributed by atoms with van der Waals surface area (Å²) in [6.45, 7) is 9.70. The van der Waals surface area contributed by atoms with Crippen LogP contribution in [0.2, 0.25) is 5.02 Å². The molecule has 0 spiro atoms. The first kappa shape index (κ1) is 20.9. The molecule has 2 aliphatic rings. The topological polar surface area (TPSA) is 53.9 Å². The van der Waals surface area contributed by atoms with Crippen molar-refractivity contribution in [1.82, 2.24) is 10.2 Å². The highest BCUT2D eigenvalue weighted by Crippen LogP contribution is 2.32. The van der Waals surface area contributed by atoms with Crippen LogP contribution < -0.4 is 10.2 Å². The van der Waals surface area contributed by atoms with Crippen LogP contribution in [-0.2, 0) is 16.0 Å². The zero-order valence-corrected chi connectivity index (χ0v) is 17.6. The monoisotopic (exact) mass is 404 g/mol. The second kappa shape index (κ2) is 9.10. The van der Waals surface area contributed by atoms with Gasteiger partial charge in [-0.2, -0.15) is 0 Å². The van der Waals surface area contributed by atoms with Gasteiger partial charge in [-0.15, -0.1) is 0 Å². The van der Waals surface area contributed by atoms with Gasteiger partial charge in [0.25, 0.3) is 0 Å². The van der Waals surface area contributed by atoms with Crippen LogP contribution in [0.1, 0.15) is 32.3 Å². The Hall–Kier alpha value is -1.85. The fourth-order valence-electron chi connectivity index (χ4n) is 4.07. The second-order valence-electron chi connectivity index (χ2n) is 8.76. The first-order valence-electron chi connectivity index (χ1n) is 10.1. The molecule has 1 saturated heterocycles. The van der Waals surface area contributed by atoms with Crippen molar-refractivity contribution >= 4 is 23.3 Å². The largest absolute Gasteiger partial charge is 0.383 e. The van der Waals surface area contributed by atoms with E-state index in [1.807, 2.05) is 29.2 Å². The zero-order chi connectivity index (χ0) is 20.1. The number of amides is 1. The molecular formula is C22H31ClN3O2+. The molecule has 0 radical (unpaired) electrons. The van der Waals surface area contributed by atoms with E-state index < -0.39 is 0 Å². The minimum Gasteiger partial charge on any atom is -0.383 e. The van der Waals surface area contributed by atoms with Crippen LogP contribution in [0.5, 0.6) is 0 Å². The van der Waals surface area contributed by atoms with E-state index in [9.17, 15) is 9.59 Å². The van der Waals surface area contributed by atoms with Gasteiger partial charge < -0.3 is 15.1 Å². The van der Waals surface area contributed by atoms with Crippen molar-refractivity contribution in [3.8, 4) is 0 Å². The molecule has 0 atom stereocenters. The van der Waals surface area contributed by atoms with Crippen LogP contribution in [0.15, 0.2) is 36.0 Å². The number of halogens is 1. The molecule has 3 rings (SSSR count). The molecule has 0 bridgehead atoms. The number of nitrogens with zero attached hydrogens (tertiary/aromatic N) is 1. The second-order valence-corrected chi connectivity index (χ2v) is 9.20. The molecule has 152 valence electrons. The maximum Gasteiger partial charge on any atom is 0.227 e. The Bertz CT molecular complexity index is 735. The molecule has 1 aliphatic heterocycles. The van der Waals surface area contributed by atoms with Gasteiger partial charge in [0.15, 0.2) is 5.78 Å². The number of carbonyl (C=O) groups is 2. The summed E-state index contributed by atoms with van der Waals surface area (Å²) in [4.78, 5) is 27.8. The molecule has 1 aromatic rings. The first-order chi connectivity index (χ1) is 13.3. The van der Waals surface area contributed by atoms with E-state index in [4.69, 9.17) is 11.6 Å². The van der Waals surface area contributed by atoms with Crippen LogP contribution in [-0.4, -0.2) is 55.9 Å². The van der Waals surface area contributed by atoms with E-state index in [1.165, 1.54) is 4.90 Å². The van der Waals surface area contributed by atoms with Gasteiger partial charge in [-0.1, -0.05) is 37.6 Å². The number of hydrogen-bond donors (Lipinski definition) is 2. The smallest absolute Gasteiger partial charge is 0.227 e. The molecule has 6 heteroatoms. The Balaban J connectivity index is 1.38. The van der Waals surface area contributed by atoms with Gasteiger partial charge in [0, 0.05) is 23.2 Å². The van der Waals surface area contributed by atoms with Crippen molar-refractivity contribution in [2.45, 2.75) is 33.1 Å². The lowest BCUT2D eigenvalue weighted by Crippen LogP contribution is -3.15. The molecule has 5 nitrogen and oxygen atoms in total. The molecule has 0 unspecified atom stereocenters. The molecule has 0 aromatic heterocycles. The predicted molar refractivity (Wildman–Crippen MR) is 111 cm³/mol. The third-order valence-corrected chi connectivity index (χ3v) is 5.83. The van der Waals surface area contributed by atoms with E-state index in [2.05, 4.69) is 19.2 Å². The summed E-state index contributed by atoms with van der Waals surface area (Å²) in [5.41, 5.74) is 2.13. The first-order valence-corrected chi connectivity index (χ1v) is 10.5. The van der Waals surface area contributed by atoms with Crippen LogP contribution >= 0.6 is 11.6 Å². The highest BCUT2D eigenvalue weighted by atomic mass is 35.5. The molecule has 1 fully saturated rings. The maximum absolute atomic E-state index is 12.5. The summed E-state index contributed by atoms with van der Waals surface area (Å²) in [5, 5.41) is 4.15. The molecule has 1 aliphatic carbocycles. The number of allylic oxidation sites excluding steroid dienone is 2. The molecule has 1 amide bonds.